The highest BCUT2D eigenvalue weighted by Crippen LogP contribution is 2.17. The van der Waals surface area contributed by atoms with E-state index in [4.69, 9.17) is 0 Å². The van der Waals surface area contributed by atoms with Crippen LogP contribution in [0.5, 0.6) is 0 Å². The van der Waals surface area contributed by atoms with Gasteiger partial charge >= 0.3 is 0 Å². The van der Waals surface area contributed by atoms with Gasteiger partial charge in [-0.2, -0.15) is 0 Å². The fourth-order valence-electron chi connectivity index (χ4n) is 2.58. The van der Waals surface area contributed by atoms with Gasteiger partial charge in [-0.15, -0.1) is 0 Å². The van der Waals surface area contributed by atoms with Gasteiger partial charge < -0.3 is 14.8 Å². The van der Waals surface area contributed by atoms with Crippen LogP contribution >= 0.6 is 0 Å². The molecule has 1 aromatic heterocycles. The van der Waals surface area contributed by atoms with Gasteiger partial charge in [0.1, 0.15) is 5.52 Å². The van der Waals surface area contributed by atoms with Crippen molar-refractivity contribution in [3.8, 4) is 0 Å². The largest absolute Gasteiger partial charge is 0.345 e. The fraction of sp³-hybridized carbons (Fsp3) is 0.429. The summed E-state index contributed by atoms with van der Waals surface area (Å²) in [6.07, 6.45) is 1.64. The molecule has 1 fully saturated rings. The first kappa shape index (κ1) is 12.2. The minimum atomic E-state index is 0.0912. The monoisotopic (exact) mass is 258 g/mol. The SMILES string of the molecule is CCN1CCN(C(=O)c2cccc3[nH]cnc23)CC1. The molecule has 0 unspecified atom stereocenters. The molecular formula is C14H18N4O. The van der Waals surface area contributed by atoms with Crippen molar-refractivity contribution in [3.05, 3.63) is 30.1 Å². The third kappa shape index (κ3) is 2.21. The lowest BCUT2D eigenvalue weighted by molar-refractivity contribution is 0.0645. The number of aromatic amines is 1. The lowest BCUT2D eigenvalue weighted by Gasteiger charge is -2.34. The van der Waals surface area contributed by atoms with Crippen LogP contribution < -0.4 is 0 Å². The quantitative estimate of drug-likeness (QED) is 0.884. The summed E-state index contributed by atoms with van der Waals surface area (Å²) in [5, 5.41) is 0. The average molecular weight is 258 g/mol. The summed E-state index contributed by atoms with van der Waals surface area (Å²) in [7, 11) is 0. The first-order valence-electron chi connectivity index (χ1n) is 6.73. The lowest BCUT2D eigenvalue weighted by atomic mass is 10.1. The van der Waals surface area contributed by atoms with E-state index in [9.17, 15) is 4.79 Å². The molecule has 2 aromatic rings. The summed E-state index contributed by atoms with van der Waals surface area (Å²) in [6, 6.07) is 5.70. The number of carbonyl (C=O) groups excluding carboxylic acids is 1. The Kier molecular flexibility index (Phi) is 3.21. The summed E-state index contributed by atoms with van der Waals surface area (Å²) < 4.78 is 0. The molecule has 0 saturated carbocycles. The van der Waals surface area contributed by atoms with E-state index >= 15 is 0 Å². The van der Waals surface area contributed by atoms with Gasteiger partial charge in [0.15, 0.2) is 0 Å². The molecule has 0 bridgehead atoms. The van der Waals surface area contributed by atoms with Crippen molar-refractivity contribution < 1.29 is 4.79 Å². The predicted molar refractivity (Wildman–Crippen MR) is 74.1 cm³/mol. The van der Waals surface area contributed by atoms with Crippen molar-refractivity contribution in [2.24, 2.45) is 0 Å². The zero-order chi connectivity index (χ0) is 13.2. The van der Waals surface area contributed by atoms with Crippen LogP contribution in [-0.2, 0) is 0 Å². The highest BCUT2D eigenvalue weighted by molar-refractivity contribution is 6.04. The standard InChI is InChI=1S/C14H18N4O/c1-2-17-6-8-18(9-7-17)14(19)11-4-3-5-12-13(11)16-10-15-12/h3-5,10H,2,6-9H2,1H3,(H,15,16). The summed E-state index contributed by atoms with van der Waals surface area (Å²) in [5.41, 5.74) is 2.38. The Labute approximate surface area is 112 Å². The zero-order valence-corrected chi connectivity index (χ0v) is 11.1. The molecule has 0 atom stereocenters. The van der Waals surface area contributed by atoms with Crippen LogP contribution in [0.15, 0.2) is 24.5 Å². The molecule has 0 spiro atoms. The number of benzene rings is 1. The van der Waals surface area contributed by atoms with Crippen LogP contribution in [0.1, 0.15) is 17.3 Å². The Morgan fingerprint density at radius 1 is 1.32 bits per heavy atom. The van der Waals surface area contributed by atoms with Crippen molar-refractivity contribution in [1.82, 2.24) is 19.8 Å². The molecule has 100 valence electrons. The molecule has 5 nitrogen and oxygen atoms in total. The molecule has 2 heterocycles. The number of imidazole rings is 1. The molecule has 19 heavy (non-hydrogen) atoms. The van der Waals surface area contributed by atoms with E-state index in [2.05, 4.69) is 21.8 Å². The van der Waals surface area contributed by atoms with E-state index in [1.807, 2.05) is 23.1 Å². The van der Waals surface area contributed by atoms with Gasteiger partial charge in [0.05, 0.1) is 17.4 Å². The van der Waals surface area contributed by atoms with Gasteiger partial charge in [-0.3, -0.25) is 4.79 Å². The van der Waals surface area contributed by atoms with Gasteiger partial charge in [0.25, 0.3) is 5.91 Å². The normalized spacial score (nSPS) is 17.0. The van der Waals surface area contributed by atoms with E-state index in [0.29, 0.717) is 5.56 Å². The molecule has 1 N–H and O–H groups in total. The summed E-state index contributed by atoms with van der Waals surface area (Å²) in [6.45, 7) is 6.72. The number of nitrogens with zero attached hydrogens (tertiary/aromatic N) is 3. The first-order valence-corrected chi connectivity index (χ1v) is 6.73. The van der Waals surface area contributed by atoms with Gasteiger partial charge in [-0.25, -0.2) is 4.98 Å². The maximum absolute atomic E-state index is 12.6. The zero-order valence-electron chi connectivity index (χ0n) is 11.1. The van der Waals surface area contributed by atoms with Gasteiger partial charge in [-0.1, -0.05) is 13.0 Å². The van der Waals surface area contributed by atoms with Gasteiger partial charge in [-0.05, 0) is 18.7 Å². The predicted octanol–water partition coefficient (Wildman–Crippen LogP) is 1.34. The molecular weight excluding hydrogens is 240 g/mol. The minimum absolute atomic E-state index is 0.0912. The summed E-state index contributed by atoms with van der Waals surface area (Å²) >= 11 is 0. The number of H-pyrrole nitrogens is 1. The Morgan fingerprint density at radius 2 is 2.11 bits per heavy atom. The second-order valence-corrected chi connectivity index (χ2v) is 4.83. The minimum Gasteiger partial charge on any atom is -0.345 e. The fourth-order valence-corrected chi connectivity index (χ4v) is 2.58. The number of hydrogen-bond donors (Lipinski definition) is 1. The third-order valence-electron chi connectivity index (χ3n) is 3.79. The summed E-state index contributed by atoms with van der Waals surface area (Å²) in [5.74, 6) is 0.0912. The van der Waals surface area contributed by atoms with Crippen LogP contribution in [0, 0.1) is 0 Å². The highest BCUT2D eigenvalue weighted by atomic mass is 16.2. The maximum atomic E-state index is 12.6. The number of hydrogen-bond acceptors (Lipinski definition) is 3. The average Bonchev–Trinajstić information content (AvgIpc) is 2.95. The molecule has 0 radical (unpaired) electrons. The van der Waals surface area contributed by atoms with Crippen molar-refractivity contribution in [1.29, 1.82) is 0 Å². The molecule has 5 heteroatoms. The Hall–Kier alpha value is -1.88. The second-order valence-electron chi connectivity index (χ2n) is 4.83. The van der Waals surface area contributed by atoms with E-state index in [1.54, 1.807) is 6.33 Å². The first-order chi connectivity index (χ1) is 9.29. The number of fused-ring (bicyclic) bond motifs is 1. The number of para-hydroxylation sites is 1. The topological polar surface area (TPSA) is 52.2 Å². The van der Waals surface area contributed by atoms with E-state index < -0.39 is 0 Å². The molecule has 1 aliphatic rings. The van der Waals surface area contributed by atoms with Crippen LogP contribution in [0.3, 0.4) is 0 Å². The summed E-state index contributed by atoms with van der Waals surface area (Å²) in [4.78, 5) is 24.1. The number of aromatic nitrogens is 2. The third-order valence-corrected chi connectivity index (χ3v) is 3.79. The highest BCUT2D eigenvalue weighted by Gasteiger charge is 2.23. The number of carbonyl (C=O) groups is 1. The van der Waals surface area contributed by atoms with Crippen molar-refractivity contribution in [2.45, 2.75) is 6.92 Å². The van der Waals surface area contributed by atoms with Crippen molar-refractivity contribution in [3.63, 3.8) is 0 Å². The van der Waals surface area contributed by atoms with Crippen LogP contribution in [0.25, 0.3) is 11.0 Å². The molecule has 1 aliphatic heterocycles. The number of rotatable bonds is 2. The van der Waals surface area contributed by atoms with Crippen molar-refractivity contribution in [2.75, 3.05) is 32.7 Å². The number of likely N-dealkylation sites (N-methyl/N-ethyl adjacent to an activating group) is 1. The van der Waals surface area contributed by atoms with Crippen LogP contribution in [-0.4, -0.2) is 58.4 Å². The van der Waals surface area contributed by atoms with Crippen molar-refractivity contribution >= 4 is 16.9 Å². The van der Waals surface area contributed by atoms with E-state index in [-0.39, 0.29) is 5.91 Å². The number of piperazine rings is 1. The van der Waals surface area contributed by atoms with E-state index in [0.717, 1.165) is 43.8 Å². The second kappa shape index (κ2) is 5.01. The molecule has 0 aliphatic carbocycles. The molecule has 1 amide bonds. The number of amides is 1. The van der Waals surface area contributed by atoms with E-state index in [1.165, 1.54) is 0 Å². The van der Waals surface area contributed by atoms with Gasteiger partial charge in [0, 0.05) is 26.2 Å². The maximum Gasteiger partial charge on any atom is 0.256 e. The molecule has 1 saturated heterocycles. The molecule has 3 rings (SSSR count). The van der Waals surface area contributed by atoms with Gasteiger partial charge in [0.2, 0.25) is 0 Å². The molecule has 1 aromatic carbocycles. The smallest absolute Gasteiger partial charge is 0.256 e. The Morgan fingerprint density at radius 3 is 2.84 bits per heavy atom. The Balaban J connectivity index is 1.82. The number of nitrogens with one attached hydrogen (secondary N) is 1. The van der Waals surface area contributed by atoms with Crippen LogP contribution in [0.4, 0.5) is 0 Å². The Bertz CT molecular complexity index is 584. The lowest BCUT2D eigenvalue weighted by Crippen LogP contribution is -2.48. The van der Waals surface area contributed by atoms with Crippen LogP contribution in [0.2, 0.25) is 0 Å².